The van der Waals surface area contributed by atoms with Crippen molar-refractivity contribution < 1.29 is 55.7 Å². The number of nitrogens with one attached hydrogen (secondary N) is 2. The van der Waals surface area contributed by atoms with Gasteiger partial charge in [0.1, 0.15) is 28.8 Å². The van der Waals surface area contributed by atoms with E-state index in [-0.39, 0.29) is 59.0 Å². The van der Waals surface area contributed by atoms with Gasteiger partial charge in [0.2, 0.25) is 11.8 Å². The number of nitrogens with zero attached hydrogens (tertiary/aromatic N) is 5. The van der Waals surface area contributed by atoms with Crippen molar-refractivity contribution in [3.8, 4) is 5.75 Å². The molecule has 2 N–H and O–H groups in total. The number of anilines is 2. The number of benzene rings is 3. The Kier molecular flexibility index (Phi) is 16.5. The van der Waals surface area contributed by atoms with E-state index in [4.69, 9.17) is 14.2 Å². The molecule has 1 aromatic heterocycles. The maximum Gasteiger partial charge on any atom is 0.416 e. The monoisotopic (exact) mass is 1030 g/mol. The summed E-state index contributed by atoms with van der Waals surface area (Å²) in [4.78, 5) is 78.4. The number of likely N-dealkylation sites (tertiary alicyclic amines) is 2. The van der Waals surface area contributed by atoms with Crippen LogP contribution in [0.3, 0.4) is 0 Å². The molecule has 15 nitrogen and oxygen atoms in total. The Bertz CT molecular complexity index is 2740. The number of hydrogen-bond acceptors (Lipinski definition) is 11. The smallest absolute Gasteiger partial charge is 0.416 e. The molecule has 398 valence electrons. The summed E-state index contributed by atoms with van der Waals surface area (Å²) in [7, 11) is 1.61. The highest BCUT2D eigenvalue weighted by Gasteiger charge is 2.36. The van der Waals surface area contributed by atoms with Crippen molar-refractivity contribution in [3.63, 3.8) is 0 Å². The van der Waals surface area contributed by atoms with Gasteiger partial charge in [0.05, 0.1) is 35.5 Å². The number of methoxy groups -OCH3 is 1. The standard InChI is InChI=1S/C55H67F4N7O8/c1-32(39-25-40(52(70)74-54(3,4)5)27-41(26-39)55(57,58)59)60-49-43-29-42(47(72-6)30-45(43)61-33(2)62-49)36-7-9-37(10-8-36)50(68)64-19-13-34(14-20-64)18-24-73-31-35-15-21-65(22-16-35)51(69)38-11-12-44(56)46(28-38)66-23-17-48(67)63-53(66)71/h11-12,25-30,32,34-37H,7-10,13-24,31H2,1-6H3,(H,60,61,62)(H,63,67,71)/t32-,36?,37?/m1/s1. The second-order valence-corrected chi connectivity index (χ2v) is 21.3. The fourth-order valence-corrected chi connectivity index (χ4v) is 10.7. The van der Waals surface area contributed by atoms with E-state index in [1.807, 2.05) is 17.0 Å². The molecule has 4 fully saturated rings. The SMILES string of the molecule is COc1cc2nc(C)nc(N[C@H](C)c3cc(C(=O)OC(C)(C)C)cc(C(F)(F)F)c3)c2cc1C1CCC(C(=O)N2CCC(CCOCC3CCN(C(=O)c4ccc(F)c(N5CCC(=O)NC5=O)c4)CC3)CC2)CC1. The molecule has 1 saturated carbocycles. The molecule has 8 rings (SSSR count). The van der Waals surface area contributed by atoms with Crippen molar-refractivity contribution in [1.29, 1.82) is 0 Å². The first-order valence-electron chi connectivity index (χ1n) is 25.8. The fraction of sp³-hybridized carbons (Fsp3) is 0.545. The number of carbonyl (C=O) groups excluding carboxylic acids is 5. The lowest BCUT2D eigenvalue weighted by atomic mass is 9.77. The largest absolute Gasteiger partial charge is 0.496 e. The third kappa shape index (κ3) is 12.9. The van der Waals surface area contributed by atoms with Crippen LogP contribution in [0.15, 0.2) is 48.5 Å². The average Bonchev–Trinajstić information content (AvgIpc) is 3.36. The van der Waals surface area contributed by atoms with E-state index in [0.717, 1.165) is 80.4 Å². The van der Waals surface area contributed by atoms with Gasteiger partial charge in [-0.3, -0.25) is 24.6 Å². The van der Waals surface area contributed by atoms with E-state index in [9.17, 15) is 41.5 Å². The summed E-state index contributed by atoms with van der Waals surface area (Å²) in [5, 5.41) is 6.17. The van der Waals surface area contributed by atoms with Crippen LogP contribution < -0.4 is 20.3 Å². The summed E-state index contributed by atoms with van der Waals surface area (Å²) in [6, 6.07) is 9.67. The average molecular weight is 1030 g/mol. The van der Waals surface area contributed by atoms with Crippen LogP contribution in [-0.4, -0.2) is 108 Å². The molecule has 1 atom stereocenters. The lowest BCUT2D eigenvalue weighted by Crippen LogP contribution is -2.50. The van der Waals surface area contributed by atoms with Gasteiger partial charge in [-0.1, -0.05) is 0 Å². The zero-order chi connectivity index (χ0) is 53.1. The van der Waals surface area contributed by atoms with Gasteiger partial charge in [-0.15, -0.1) is 0 Å². The third-order valence-electron chi connectivity index (χ3n) is 14.8. The molecule has 3 saturated heterocycles. The highest BCUT2D eigenvalue weighted by Crippen LogP contribution is 2.43. The van der Waals surface area contributed by atoms with Crippen molar-refractivity contribution in [2.24, 2.45) is 17.8 Å². The van der Waals surface area contributed by atoms with Gasteiger partial charge < -0.3 is 29.3 Å². The normalized spacial score (nSPS) is 19.8. The molecule has 5 amide bonds. The maximum absolute atomic E-state index is 14.7. The number of rotatable bonds is 14. The summed E-state index contributed by atoms with van der Waals surface area (Å²) >= 11 is 0. The van der Waals surface area contributed by atoms with Crippen LogP contribution >= 0.6 is 0 Å². The molecule has 1 aliphatic carbocycles. The first-order chi connectivity index (χ1) is 35.1. The summed E-state index contributed by atoms with van der Waals surface area (Å²) in [6.07, 6.45) is 2.64. The topological polar surface area (TPSA) is 173 Å². The van der Waals surface area contributed by atoms with Crippen LogP contribution in [0.1, 0.15) is 147 Å². The summed E-state index contributed by atoms with van der Waals surface area (Å²) in [5.74, 6) is 0.375. The zero-order valence-electron chi connectivity index (χ0n) is 43.0. The number of ether oxygens (including phenoxy) is 3. The van der Waals surface area contributed by atoms with Crippen molar-refractivity contribution in [1.82, 2.24) is 25.1 Å². The van der Waals surface area contributed by atoms with Gasteiger partial charge in [0.25, 0.3) is 5.91 Å². The zero-order valence-corrected chi connectivity index (χ0v) is 43.0. The molecule has 4 aliphatic rings. The first kappa shape index (κ1) is 53.9. The van der Waals surface area contributed by atoms with Gasteiger partial charge in [-0.2, -0.15) is 13.2 Å². The number of fused-ring (bicyclic) bond motifs is 1. The van der Waals surface area contributed by atoms with Crippen LogP contribution in [-0.2, 0) is 25.2 Å². The molecule has 0 bridgehead atoms. The number of aryl methyl sites for hydroxylation is 1. The lowest BCUT2D eigenvalue weighted by molar-refractivity contribution is -0.138. The number of imide groups is 1. The summed E-state index contributed by atoms with van der Waals surface area (Å²) in [6.45, 7) is 12.2. The minimum absolute atomic E-state index is 0.0316. The number of hydrogen-bond donors (Lipinski definition) is 2. The number of piperidine rings is 2. The number of halogens is 4. The second kappa shape index (κ2) is 22.6. The quantitative estimate of drug-likeness (QED) is 0.0699. The van der Waals surface area contributed by atoms with Gasteiger partial charge in [-0.05, 0) is 164 Å². The molecule has 0 unspecified atom stereocenters. The number of urea groups is 1. The molecule has 3 aromatic carbocycles. The van der Waals surface area contributed by atoms with Crippen LogP contribution in [0.5, 0.6) is 5.75 Å². The second-order valence-electron chi connectivity index (χ2n) is 21.3. The number of esters is 1. The van der Waals surface area contributed by atoms with E-state index in [1.54, 1.807) is 46.6 Å². The highest BCUT2D eigenvalue weighted by molar-refractivity contribution is 6.06. The molecule has 4 aromatic rings. The Hall–Kier alpha value is -6.37. The number of alkyl halides is 3. The molecule has 3 aliphatic heterocycles. The van der Waals surface area contributed by atoms with Crippen LogP contribution in [0.2, 0.25) is 0 Å². The Morgan fingerprint density at radius 2 is 1.53 bits per heavy atom. The minimum Gasteiger partial charge on any atom is -0.496 e. The van der Waals surface area contributed by atoms with Crippen molar-refractivity contribution in [3.05, 3.63) is 88.0 Å². The van der Waals surface area contributed by atoms with Gasteiger partial charge in [-0.25, -0.2) is 23.9 Å². The third-order valence-corrected chi connectivity index (χ3v) is 14.8. The van der Waals surface area contributed by atoms with Crippen molar-refractivity contribution in [2.75, 3.05) is 63.3 Å². The lowest BCUT2D eigenvalue weighted by Gasteiger charge is -2.36. The fourth-order valence-electron chi connectivity index (χ4n) is 10.7. The Morgan fingerprint density at radius 1 is 0.838 bits per heavy atom. The molecule has 0 spiro atoms. The molecule has 0 radical (unpaired) electrons. The van der Waals surface area contributed by atoms with Crippen molar-refractivity contribution in [2.45, 2.75) is 123 Å². The minimum atomic E-state index is -4.70. The van der Waals surface area contributed by atoms with Crippen LogP contribution in [0, 0.1) is 30.5 Å². The van der Waals surface area contributed by atoms with E-state index in [2.05, 4.69) is 20.6 Å². The first-order valence-corrected chi connectivity index (χ1v) is 25.8. The molecule has 4 heterocycles. The van der Waals surface area contributed by atoms with Crippen LogP contribution in [0.25, 0.3) is 10.9 Å². The van der Waals surface area contributed by atoms with Gasteiger partial charge >= 0.3 is 18.2 Å². The maximum atomic E-state index is 14.7. The predicted molar refractivity (Wildman–Crippen MR) is 269 cm³/mol. The molecular weight excluding hydrogens is 963 g/mol. The number of amides is 5. The molecule has 19 heteroatoms. The molecular formula is C55H67F4N7O8. The van der Waals surface area contributed by atoms with E-state index in [1.165, 1.54) is 24.3 Å². The van der Waals surface area contributed by atoms with Crippen molar-refractivity contribution >= 4 is 52.1 Å². The Labute approximate surface area is 429 Å². The van der Waals surface area contributed by atoms with Gasteiger partial charge in [0, 0.05) is 75.3 Å². The highest BCUT2D eigenvalue weighted by atomic mass is 19.4. The van der Waals surface area contributed by atoms with E-state index >= 15 is 0 Å². The summed E-state index contributed by atoms with van der Waals surface area (Å²) < 4.78 is 74.5. The van der Waals surface area contributed by atoms with Crippen LogP contribution in [0.4, 0.5) is 33.9 Å². The van der Waals surface area contributed by atoms with Gasteiger partial charge in [0.15, 0.2) is 0 Å². The van der Waals surface area contributed by atoms with E-state index in [0.29, 0.717) is 79.5 Å². The van der Waals surface area contributed by atoms with E-state index < -0.39 is 47.1 Å². The molecule has 74 heavy (non-hydrogen) atoms. The predicted octanol–water partition coefficient (Wildman–Crippen LogP) is 10.2. The summed E-state index contributed by atoms with van der Waals surface area (Å²) in [5.41, 5.74) is -0.0271. The Morgan fingerprint density at radius 3 is 2.19 bits per heavy atom. The Balaban J connectivity index is 0.793. The number of aromatic nitrogens is 2. The number of carbonyl (C=O) groups is 5.